The third-order valence-electron chi connectivity index (χ3n) is 7.78. The Bertz CT molecular complexity index is 571. The van der Waals surface area contributed by atoms with E-state index in [1.54, 1.807) is 0 Å². The number of hydrogen-bond acceptors (Lipinski definition) is 4. The Hall–Kier alpha value is -1.13. The van der Waals surface area contributed by atoms with Crippen molar-refractivity contribution in [2.24, 2.45) is 0 Å². The minimum Gasteiger partial charge on any atom is -0.457 e. The average molecular weight is 579 g/mol. The predicted octanol–water partition coefficient (Wildman–Crippen LogP) is 11.2. The zero-order chi connectivity index (χ0) is 29.9. The van der Waals surface area contributed by atoms with E-state index in [-0.39, 0.29) is 12.6 Å². The minimum absolute atomic E-state index is 0.171. The highest BCUT2D eigenvalue weighted by atomic mass is 16.6. The van der Waals surface area contributed by atoms with Crippen LogP contribution in [0.5, 0.6) is 0 Å². The van der Waals surface area contributed by atoms with Crippen molar-refractivity contribution in [1.29, 1.82) is 0 Å². The van der Waals surface area contributed by atoms with Crippen molar-refractivity contribution in [3.05, 3.63) is 24.3 Å². The van der Waals surface area contributed by atoms with Crippen molar-refractivity contribution in [2.75, 3.05) is 19.8 Å². The van der Waals surface area contributed by atoms with Gasteiger partial charge in [0.15, 0.2) is 0 Å². The van der Waals surface area contributed by atoms with Crippen LogP contribution >= 0.6 is 0 Å². The van der Waals surface area contributed by atoms with Gasteiger partial charge < -0.3 is 14.6 Å². The zero-order valence-corrected chi connectivity index (χ0v) is 27.6. The molecule has 0 bridgehead atoms. The number of carbonyl (C=O) groups is 1. The molecule has 0 aromatic carbocycles. The van der Waals surface area contributed by atoms with Crippen molar-refractivity contribution >= 4 is 5.97 Å². The summed E-state index contributed by atoms with van der Waals surface area (Å²) in [6.45, 7) is 5.31. The molecule has 0 aliphatic heterocycles. The smallest absolute Gasteiger partial charge is 0.306 e. The second-order valence-electron chi connectivity index (χ2n) is 11.9. The van der Waals surface area contributed by atoms with Crippen molar-refractivity contribution in [2.45, 2.75) is 187 Å². The van der Waals surface area contributed by atoms with Gasteiger partial charge in [0.2, 0.25) is 0 Å². The number of hydrogen-bond donors (Lipinski definition) is 1. The Kier molecular flexibility index (Phi) is 34.1. The third kappa shape index (κ3) is 33.2. The van der Waals surface area contributed by atoms with Gasteiger partial charge in [-0.3, -0.25) is 4.79 Å². The molecular weight excluding hydrogens is 508 g/mol. The fraction of sp³-hybridized carbons (Fsp3) is 0.865. The van der Waals surface area contributed by atoms with E-state index < -0.39 is 6.10 Å². The van der Waals surface area contributed by atoms with Crippen molar-refractivity contribution in [3.63, 3.8) is 0 Å². The molecule has 0 saturated carbocycles. The van der Waals surface area contributed by atoms with E-state index in [1.165, 1.54) is 135 Å². The van der Waals surface area contributed by atoms with Crippen LogP contribution in [0.3, 0.4) is 0 Å². The third-order valence-corrected chi connectivity index (χ3v) is 7.78. The van der Waals surface area contributed by atoms with Crippen LogP contribution < -0.4 is 0 Å². The zero-order valence-electron chi connectivity index (χ0n) is 27.6. The largest absolute Gasteiger partial charge is 0.457 e. The molecule has 1 atom stereocenters. The first-order chi connectivity index (χ1) is 20.2. The van der Waals surface area contributed by atoms with E-state index in [2.05, 4.69) is 38.2 Å². The number of allylic oxidation sites excluding steroid dienone is 4. The number of ether oxygens (including phenoxy) is 2. The lowest BCUT2D eigenvalue weighted by molar-refractivity contribution is -0.154. The molecular formula is C37H70O4. The molecule has 4 nitrogen and oxygen atoms in total. The molecule has 0 fully saturated rings. The summed E-state index contributed by atoms with van der Waals surface area (Å²) in [7, 11) is 0. The second kappa shape index (κ2) is 35.1. The van der Waals surface area contributed by atoms with Gasteiger partial charge in [-0.15, -0.1) is 0 Å². The maximum atomic E-state index is 12.1. The van der Waals surface area contributed by atoms with Crippen LogP contribution in [-0.2, 0) is 14.3 Å². The molecule has 242 valence electrons. The maximum absolute atomic E-state index is 12.1. The lowest BCUT2D eigenvalue weighted by atomic mass is 10.1. The number of aliphatic hydroxyl groups is 1. The summed E-state index contributed by atoms with van der Waals surface area (Å²) in [6.07, 6.45) is 40.7. The highest BCUT2D eigenvalue weighted by Gasteiger charge is 2.13. The van der Waals surface area contributed by atoms with Gasteiger partial charge in [-0.25, -0.2) is 0 Å². The quantitative estimate of drug-likeness (QED) is 0.0478. The summed E-state index contributed by atoms with van der Waals surface area (Å²) in [5, 5.41) is 9.52. The van der Waals surface area contributed by atoms with Crippen LogP contribution in [0.1, 0.15) is 181 Å². The molecule has 0 spiro atoms. The van der Waals surface area contributed by atoms with Gasteiger partial charge in [0.1, 0.15) is 6.10 Å². The van der Waals surface area contributed by atoms with E-state index >= 15 is 0 Å². The van der Waals surface area contributed by atoms with Gasteiger partial charge in [0, 0.05) is 13.0 Å². The fourth-order valence-corrected chi connectivity index (χ4v) is 5.06. The Labute approximate surface area is 256 Å². The standard InChI is InChI=1S/C37H70O4/c1-3-5-7-9-11-13-15-16-17-18-19-20-21-22-23-25-27-29-31-33-40-35-36(34-38)41-37(39)32-30-28-26-24-14-12-10-8-6-4-2/h13,15,17-18,36,38H,3-12,14,16,19-35H2,1-2H3/b15-13-,18-17-. The number of aliphatic hydroxyl groups excluding tert-OH is 1. The van der Waals surface area contributed by atoms with Crippen LogP contribution in [0, 0.1) is 0 Å². The van der Waals surface area contributed by atoms with Gasteiger partial charge in [-0.2, -0.15) is 0 Å². The number of esters is 1. The number of rotatable bonds is 33. The molecule has 0 saturated heterocycles. The Morgan fingerprint density at radius 1 is 0.585 bits per heavy atom. The summed E-state index contributed by atoms with van der Waals surface area (Å²) in [5.74, 6) is -0.205. The van der Waals surface area contributed by atoms with E-state index in [9.17, 15) is 9.90 Å². The van der Waals surface area contributed by atoms with Gasteiger partial charge in [-0.05, 0) is 44.9 Å². The van der Waals surface area contributed by atoms with Crippen LogP contribution in [0.15, 0.2) is 24.3 Å². The first-order valence-electron chi connectivity index (χ1n) is 17.9. The molecule has 41 heavy (non-hydrogen) atoms. The molecule has 1 N–H and O–H groups in total. The summed E-state index contributed by atoms with van der Waals surface area (Å²) >= 11 is 0. The molecule has 0 aromatic heterocycles. The molecule has 0 aromatic rings. The van der Waals surface area contributed by atoms with Crippen molar-refractivity contribution in [1.82, 2.24) is 0 Å². The molecule has 0 heterocycles. The summed E-state index contributed by atoms with van der Waals surface area (Å²) < 4.78 is 11.1. The number of carbonyl (C=O) groups excluding carboxylic acids is 1. The summed E-state index contributed by atoms with van der Waals surface area (Å²) in [4.78, 5) is 12.1. The topological polar surface area (TPSA) is 55.8 Å². The van der Waals surface area contributed by atoms with Gasteiger partial charge >= 0.3 is 5.97 Å². The van der Waals surface area contributed by atoms with E-state index in [0.29, 0.717) is 19.6 Å². The van der Waals surface area contributed by atoms with Crippen LogP contribution in [0.4, 0.5) is 0 Å². The van der Waals surface area contributed by atoms with Crippen molar-refractivity contribution < 1.29 is 19.4 Å². The van der Waals surface area contributed by atoms with E-state index in [1.807, 2.05) is 0 Å². The average Bonchev–Trinajstić information content (AvgIpc) is 2.98. The molecule has 0 aliphatic rings. The van der Waals surface area contributed by atoms with Gasteiger partial charge in [0.25, 0.3) is 0 Å². The lowest BCUT2D eigenvalue weighted by Gasteiger charge is -2.16. The SMILES string of the molecule is CCCCCC/C=C\C/C=C\CCCCCCCCCCOCC(CO)OC(=O)CCCCCCCCCCCC. The highest BCUT2D eigenvalue weighted by molar-refractivity contribution is 5.69. The van der Waals surface area contributed by atoms with E-state index in [0.717, 1.165) is 25.7 Å². The molecule has 1 unspecified atom stereocenters. The highest BCUT2D eigenvalue weighted by Crippen LogP contribution is 2.13. The Morgan fingerprint density at radius 3 is 1.54 bits per heavy atom. The van der Waals surface area contributed by atoms with Crippen LogP contribution in [-0.4, -0.2) is 37.0 Å². The molecule has 0 rings (SSSR count). The summed E-state index contributed by atoms with van der Waals surface area (Å²) in [5.41, 5.74) is 0. The molecule has 0 aliphatic carbocycles. The van der Waals surface area contributed by atoms with E-state index in [4.69, 9.17) is 9.47 Å². The monoisotopic (exact) mass is 579 g/mol. The Balaban J connectivity index is 3.42. The number of unbranched alkanes of at least 4 members (excludes halogenated alkanes) is 21. The second-order valence-corrected chi connectivity index (χ2v) is 11.9. The predicted molar refractivity (Wildman–Crippen MR) is 177 cm³/mol. The summed E-state index contributed by atoms with van der Waals surface area (Å²) in [6, 6.07) is 0. The maximum Gasteiger partial charge on any atom is 0.306 e. The fourth-order valence-electron chi connectivity index (χ4n) is 5.06. The van der Waals surface area contributed by atoms with Crippen LogP contribution in [0.2, 0.25) is 0 Å². The van der Waals surface area contributed by atoms with Gasteiger partial charge in [-0.1, -0.05) is 154 Å². The van der Waals surface area contributed by atoms with Crippen LogP contribution in [0.25, 0.3) is 0 Å². The minimum atomic E-state index is -0.530. The van der Waals surface area contributed by atoms with Gasteiger partial charge in [0.05, 0.1) is 13.2 Å². The first kappa shape index (κ1) is 39.9. The first-order valence-corrected chi connectivity index (χ1v) is 17.9. The molecule has 4 heteroatoms. The lowest BCUT2D eigenvalue weighted by Crippen LogP contribution is -2.27. The van der Waals surface area contributed by atoms with Crippen molar-refractivity contribution in [3.8, 4) is 0 Å². The molecule has 0 amide bonds. The Morgan fingerprint density at radius 2 is 1.02 bits per heavy atom. The normalized spacial score (nSPS) is 12.6. The molecule has 0 radical (unpaired) electrons.